The molecule has 0 bridgehead atoms. The Balaban J connectivity index is 0.000000404. The number of halogens is 3. The Morgan fingerprint density at radius 2 is 1.84 bits per heavy atom. The first-order valence-electron chi connectivity index (χ1n) is 9.27. The molecule has 7 nitrogen and oxygen atoms in total. The van der Waals surface area contributed by atoms with Crippen LogP contribution in [0.25, 0.3) is 10.9 Å². The first-order chi connectivity index (χ1) is 14.2. The molecule has 0 spiro atoms. The van der Waals surface area contributed by atoms with Gasteiger partial charge in [-0.15, -0.1) is 26.3 Å². The number of nitrogens with one attached hydrogen (secondary N) is 1. The Bertz CT molecular complexity index is 838. The van der Waals surface area contributed by atoms with Crippen molar-refractivity contribution >= 4 is 11.8 Å². The standard InChI is InChI=1S/C14H13F3N2O2.C6H10N3.Y/c15-14(16,17)21-12-3-1-10(2-4-12)13(9-18)11-5-7-19(20)8-6-11;7-3-5-4-9-2-1-6(5)8;/h1-4,20H,5-8H2;3,7H,1-2,4,8H2;/q;-1;. The molecule has 2 heterocycles. The Hall–Kier alpha value is -1.77. The van der Waals surface area contributed by atoms with Crippen molar-refractivity contribution in [2.24, 2.45) is 5.73 Å². The van der Waals surface area contributed by atoms with Crippen LogP contribution in [0, 0.1) is 16.7 Å². The van der Waals surface area contributed by atoms with Gasteiger partial charge in [-0.05, 0) is 60.2 Å². The summed E-state index contributed by atoms with van der Waals surface area (Å²) in [5, 5.41) is 30.7. The van der Waals surface area contributed by atoms with E-state index in [1.54, 1.807) is 0 Å². The summed E-state index contributed by atoms with van der Waals surface area (Å²) in [6.07, 6.45) is -1.50. The fourth-order valence-electron chi connectivity index (χ4n) is 2.99. The molecule has 0 atom stereocenters. The zero-order chi connectivity index (χ0) is 22.1. The van der Waals surface area contributed by atoms with Crippen molar-refractivity contribution in [3.63, 3.8) is 0 Å². The first-order valence-corrected chi connectivity index (χ1v) is 9.27. The molecule has 0 saturated carbocycles. The number of allylic oxidation sites excluding steroid dienone is 1. The van der Waals surface area contributed by atoms with Gasteiger partial charge in [-0.1, -0.05) is 0 Å². The smallest absolute Gasteiger partial charge is 0.573 e. The maximum absolute atomic E-state index is 12.1. The number of hydrogen-bond acceptors (Lipinski definition) is 6. The van der Waals surface area contributed by atoms with Crippen molar-refractivity contribution in [2.75, 3.05) is 26.2 Å². The van der Waals surface area contributed by atoms with E-state index in [2.05, 4.69) is 16.1 Å². The van der Waals surface area contributed by atoms with Crippen LogP contribution >= 0.6 is 0 Å². The predicted octanol–water partition coefficient (Wildman–Crippen LogP) is 3.97. The van der Waals surface area contributed by atoms with E-state index in [1.165, 1.54) is 35.5 Å². The molecule has 165 valence electrons. The van der Waals surface area contributed by atoms with E-state index < -0.39 is 6.36 Å². The predicted molar refractivity (Wildman–Crippen MR) is 106 cm³/mol. The van der Waals surface area contributed by atoms with Crippen LogP contribution in [-0.4, -0.2) is 49.0 Å². The van der Waals surface area contributed by atoms with Crippen LogP contribution in [0.4, 0.5) is 13.2 Å². The number of nitrogens with two attached hydrogens (primary N) is 1. The summed E-state index contributed by atoms with van der Waals surface area (Å²) in [6, 6.07) is 7.31. The quantitative estimate of drug-likeness (QED) is 0.419. The molecule has 1 radical (unpaired) electrons. The van der Waals surface area contributed by atoms with Gasteiger partial charge in [0.1, 0.15) is 5.75 Å². The van der Waals surface area contributed by atoms with Gasteiger partial charge >= 0.3 is 6.36 Å². The Morgan fingerprint density at radius 3 is 2.29 bits per heavy atom. The molecule has 0 aliphatic carbocycles. The van der Waals surface area contributed by atoms with E-state index in [4.69, 9.17) is 11.1 Å². The zero-order valence-corrected chi connectivity index (χ0v) is 19.7. The Kier molecular flexibility index (Phi) is 11.4. The Labute approximate surface area is 204 Å². The molecule has 1 saturated heterocycles. The monoisotopic (exact) mass is 511 g/mol. The van der Waals surface area contributed by atoms with Crippen molar-refractivity contribution in [3.05, 3.63) is 52.0 Å². The van der Waals surface area contributed by atoms with E-state index >= 15 is 0 Å². The largest absolute Gasteiger partial charge is 0.658 e. The molecule has 31 heavy (non-hydrogen) atoms. The van der Waals surface area contributed by atoms with Crippen molar-refractivity contribution in [1.29, 1.82) is 10.7 Å². The summed E-state index contributed by atoms with van der Waals surface area (Å²) in [4.78, 5) is 0. The average molecular weight is 511 g/mol. The minimum Gasteiger partial charge on any atom is -0.658 e. The number of nitrogens with zero attached hydrogens (tertiary/aromatic N) is 3. The van der Waals surface area contributed by atoms with E-state index in [1.807, 2.05) is 0 Å². The number of nitriles is 1. The number of piperidine rings is 1. The molecule has 2 aliphatic rings. The SMILES string of the molecule is N#CC(=C1CCN(O)CC1)c1ccc(OC(F)(F)F)cc1.N=CC1=C(N)CC[N-]C1.[Y]. The van der Waals surface area contributed by atoms with Crippen LogP contribution in [0.5, 0.6) is 5.75 Å². The number of ether oxygens (including phenoxy) is 1. The summed E-state index contributed by atoms with van der Waals surface area (Å²) in [7, 11) is 0. The van der Waals surface area contributed by atoms with Gasteiger partial charge in [0.05, 0.1) is 11.6 Å². The fraction of sp³-hybridized carbons (Fsp3) is 0.400. The van der Waals surface area contributed by atoms with Gasteiger partial charge in [-0.3, -0.25) is 0 Å². The number of hydrogen-bond donors (Lipinski definition) is 3. The minimum atomic E-state index is -4.73. The van der Waals surface area contributed by atoms with Crippen molar-refractivity contribution < 1.29 is 55.8 Å². The van der Waals surface area contributed by atoms with Gasteiger partial charge in [0.25, 0.3) is 0 Å². The maximum atomic E-state index is 12.1. The van der Waals surface area contributed by atoms with Gasteiger partial charge in [-0.2, -0.15) is 10.3 Å². The molecule has 1 aromatic rings. The second-order valence-corrected chi connectivity index (χ2v) is 6.67. The van der Waals surface area contributed by atoms with Gasteiger partial charge in [0.15, 0.2) is 0 Å². The molecule has 11 heteroatoms. The summed E-state index contributed by atoms with van der Waals surface area (Å²) in [5.41, 5.74) is 9.16. The molecular formula is C20H23F3N5O2Y-. The molecule has 4 N–H and O–H groups in total. The van der Waals surface area contributed by atoms with E-state index in [9.17, 15) is 23.6 Å². The zero-order valence-electron chi connectivity index (χ0n) is 16.8. The van der Waals surface area contributed by atoms with Crippen LogP contribution in [0.15, 0.2) is 41.1 Å². The van der Waals surface area contributed by atoms with Crippen LogP contribution in [0.1, 0.15) is 24.8 Å². The van der Waals surface area contributed by atoms with Crippen LogP contribution < -0.4 is 10.5 Å². The summed E-state index contributed by atoms with van der Waals surface area (Å²) in [6.45, 7) is 2.34. The number of rotatable bonds is 3. The number of alkyl halides is 3. The fourth-order valence-corrected chi connectivity index (χ4v) is 2.99. The van der Waals surface area contributed by atoms with Crippen molar-refractivity contribution in [1.82, 2.24) is 5.06 Å². The molecule has 2 aliphatic heterocycles. The third kappa shape index (κ3) is 9.09. The van der Waals surface area contributed by atoms with Crippen LogP contribution in [0.3, 0.4) is 0 Å². The number of hydroxylamine groups is 2. The van der Waals surface area contributed by atoms with Crippen LogP contribution in [0.2, 0.25) is 0 Å². The Morgan fingerprint density at radius 1 is 1.23 bits per heavy atom. The second kappa shape index (κ2) is 12.9. The molecule has 1 aromatic carbocycles. The molecule has 0 aromatic heterocycles. The first kappa shape index (κ1) is 27.3. The summed E-state index contributed by atoms with van der Waals surface area (Å²) >= 11 is 0. The number of benzene rings is 1. The van der Waals surface area contributed by atoms with E-state index in [0.717, 1.165) is 29.8 Å². The van der Waals surface area contributed by atoms with Crippen molar-refractivity contribution in [3.8, 4) is 11.8 Å². The van der Waals surface area contributed by atoms with Crippen molar-refractivity contribution in [2.45, 2.75) is 25.6 Å². The second-order valence-electron chi connectivity index (χ2n) is 6.67. The van der Waals surface area contributed by atoms with Crippen LogP contribution in [-0.2, 0) is 32.7 Å². The molecule has 1 fully saturated rings. The van der Waals surface area contributed by atoms with Gasteiger partial charge < -0.3 is 26.4 Å². The molecular weight excluding hydrogens is 488 g/mol. The average Bonchev–Trinajstić information content (AvgIpc) is 2.71. The molecule has 3 rings (SSSR count). The normalized spacial score (nSPS) is 16.9. The minimum absolute atomic E-state index is 0. The summed E-state index contributed by atoms with van der Waals surface area (Å²) in [5.74, 6) is -0.321. The van der Waals surface area contributed by atoms with Gasteiger partial charge in [0, 0.05) is 57.7 Å². The third-order valence-corrected chi connectivity index (χ3v) is 4.59. The van der Waals surface area contributed by atoms with Gasteiger partial charge in [0.2, 0.25) is 0 Å². The van der Waals surface area contributed by atoms with Gasteiger partial charge in [-0.25, -0.2) is 0 Å². The molecule has 0 amide bonds. The maximum Gasteiger partial charge on any atom is 0.573 e. The van der Waals surface area contributed by atoms with E-state index in [-0.39, 0.29) is 38.5 Å². The van der Waals surface area contributed by atoms with E-state index in [0.29, 0.717) is 43.6 Å². The summed E-state index contributed by atoms with van der Waals surface area (Å²) < 4.78 is 40.0. The molecule has 0 unspecified atom stereocenters. The third-order valence-electron chi connectivity index (χ3n) is 4.59. The topological polar surface area (TPSA) is 120 Å².